The lowest BCUT2D eigenvalue weighted by atomic mass is 10.0. The molecule has 6 nitrogen and oxygen atoms in total. The van der Waals surface area contributed by atoms with Crippen molar-refractivity contribution in [3.8, 4) is 0 Å². The minimum absolute atomic E-state index is 0. The molecule has 0 bridgehead atoms. The zero-order chi connectivity index (χ0) is 19.8. The number of likely N-dealkylation sites (tertiary alicyclic amines) is 1. The van der Waals surface area contributed by atoms with Gasteiger partial charge in [0.1, 0.15) is 5.82 Å². The fourth-order valence-corrected chi connectivity index (χ4v) is 4.12. The molecule has 3 rings (SSSR count). The lowest BCUT2D eigenvalue weighted by Gasteiger charge is -2.33. The predicted octanol–water partition coefficient (Wildman–Crippen LogP) is 3.78. The molecular formula is C22H37IN6. The highest BCUT2D eigenvalue weighted by Crippen LogP contribution is 2.16. The number of benzene rings is 1. The predicted molar refractivity (Wildman–Crippen MR) is 133 cm³/mol. The molecule has 2 heterocycles. The minimum atomic E-state index is 0. The van der Waals surface area contributed by atoms with Crippen LogP contribution in [0.2, 0.25) is 0 Å². The monoisotopic (exact) mass is 512 g/mol. The van der Waals surface area contributed by atoms with Crippen molar-refractivity contribution in [3.05, 3.63) is 30.1 Å². The Hall–Kier alpha value is -1.35. The Kier molecular flexibility index (Phi) is 10.2. The van der Waals surface area contributed by atoms with E-state index in [0.29, 0.717) is 0 Å². The summed E-state index contributed by atoms with van der Waals surface area (Å²) in [6.45, 7) is 9.70. The zero-order valence-electron chi connectivity index (χ0n) is 18.2. The van der Waals surface area contributed by atoms with Crippen LogP contribution in [0, 0.1) is 6.92 Å². The average Bonchev–Trinajstić information content (AvgIpc) is 3.03. The molecule has 0 aliphatic carbocycles. The maximum atomic E-state index is 4.64. The highest BCUT2D eigenvalue weighted by atomic mass is 127. The van der Waals surface area contributed by atoms with Crippen molar-refractivity contribution in [2.24, 2.45) is 4.99 Å². The first-order valence-electron chi connectivity index (χ1n) is 10.8. The number of imidazole rings is 1. The molecule has 1 aliphatic heterocycles. The molecule has 1 aromatic heterocycles. The van der Waals surface area contributed by atoms with Crippen molar-refractivity contribution in [1.29, 1.82) is 0 Å². The number of nitrogens with one attached hydrogen (secondary N) is 2. The number of hydrogen-bond acceptors (Lipinski definition) is 3. The molecule has 2 aromatic rings. The van der Waals surface area contributed by atoms with Gasteiger partial charge in [-0.3, -0.25) is 4.99 Å². The Morgan fingerprint density at radius 3 is 2.59 bits per heavy atom. The number of nitrogens with zero attached hydrogens (tertiary/aromatic N) is 4. The molecule has 1 aromatic carbocycles. The van der Waals surface area contributed by atoms with Crippen LogP contribution >= 0.6 is 24.0 Å². The SMILES string of the molecule is CN=C(NCCCN1CCCCC1C)NCCCn1c(C)nc2ccccc21.I. The second kappa shape index (κ2) is 12.4. The van der Waals surface area contributed by atoms with Crippen LogP contribution in [0.15, 0.2) is 29.3 Å². The third kappa shape index (κ3) is 6.84. The summed E-state index contributed by atoms with van der Waals surface area (Å²) in [6, 6.07) is 9.09. The van der Waals surface area contributed by atoms with Gasteiger partial charge in [-0.15, -0.1) is 24.0 Å². The van der Waals surface area contributed by atoms with Gasteiger partial charge < -0.3 is 20.1 Å². The Labute approximate surface area is 192 Å². The fraction of sp³-hybridized carbons (Fsp3) is 0.636. The molecule has 0 saturated carbocycles. The molecule has 162 valence electrons. The van der Waals surface area contributed by atoms with E-state index >= 15 is 0 Å². The molecule has 1 fully saturated rings. The number of aryl methyl sites for hydroxylation is 2. The van der Waals surface area contributed by atoms with E-state index in [9.17, 15) is 0 Å². The van der Waals surface area contributed by atoms with Gasteiger partial charge in [-0.1, -0.05) is 18.6 Å². The number of guanidine groups is 1. The van der Waals surface area contributed by atoms with E-state index in [2.05, 4.69) is 62.1 Å². The van der Waals surface area contributed by atoms with Gasteiger partial charge in [0.05, 0.1) is 11.0 Å². The van der Waals surface area contributed by atoms with Crippen molar-refractivity contribution in [2.45, 2.75) is 58.5 Å². The Morgan fingerprint density at radius 2 is 1.86 bits per heavy atom. The van der Waals surface area contributed by atoms with Crippen molar-refractivity contribution in [3.63, 3.8) is 0 Å². The highest BCUT2D eigenvalue weighted by Gasteiger charge is 2.17. The molecule has 1 saturated heterocycles. The Bertz CT molecular complexity index is 772. The second-order valence-electron chi connectivity index (χ2n) is 7.81. The van der Waals surface area contributed by atoms with Crippen LogP contribution in [0.3, 0.4) is 0 Å². The maximum absolute atomic E-state index is 4.64. The lowest BCUT2D eigenvalue weighted by Crippen LogP contribution is -2.41. The van der Waals surface area contributed by atoms with E-state index < -0.39 is 0 Å². The van der Waals surface area contributed by atoms with Gasteiger partial charge in [0.25, 0.3) is 0 Å². The molecule has 1 aliphatic rings. The quantitative estimate of drug-likeness (QED) is 0.245. The van der Waals surface area contributed by atoms with Gasteiger partial charge in [0, 0.05) is 39.3 Å². The number of aromatic nitrogens is 2. The van der Waals surface area contributed by atoms with E-state index in [1.54, 1.807) is 0 Å². The summed E-state index contributed by atoms with van der Waals surface area (Å²) in [5.41, 5.74) is 2.29. The fourth-order valence-electron chi connectivity index (χ4n) is 4.12. The highest BCUT2D eigenvalue weighted by molar-refractivity contribution is 14.0. The average molecular weight is 512 g/mol. The Morgan fingerprint density at radius 1 is 1.14 bits per heavy atom. The molecule has 7 heteroatoms. The van der Waals surface area contributed by atoms with Crippen molar-refractivity contribution >= 4 is 41.0 Å². The van der Waals surface area contributed by atoms with Crippen LogP contribution in [-0.4, -0.2) is 59.7 Å². The smallest absolute Gasteiger partial charge is 0.190 e. The molecule has 0 spiro atoms. The summed E-state index contributed by atoms with van der Waals surface area (Å²) < 4.78 is 2.30. The lowest BCUT2D eigenvalue weighted by molar-refractivity contribution is 0.159. The van der Waals surface area contributed by atoms with E-state index in [4.69, 9.17) is 0 Å². The summed E-state index contributed by atoms with van der Waals surface area (Å²) in [7, 11) is 1.84. The standard InChI is InChI=1S/C22H36N6.HI/c1-18-10-6-7-15-27(18)16-8-13-24-22(23-3)25-14-9-17-28-19(2)26-20-11-4-5-12-21(20)28;/h4-5,11-12,18H,6-10,13-17H2,1-3H3,(H2,23,24,25);1H. The zero-order valence-corrected chi connectivity index (χ0v) is 20.5. The van der Waals surface area contributed by atoms with Gasteiger partial charge in [-0.2, -0.15) is 0 Å². The van der Waals surface area contributed by atoms with Crippen LogP contribution in [0.5, 0.6) is 0 Å². The summed E-state index contributed by atoms with van der Waals surface area (Å²) in [4.78, 5) is 11.6. The van der Waals surface area contributed by atoms with E-state index in [1.165, 1.54) is 37.9 Å². The van der Waals surface area contributed by atoms with Crippen molar-refractivity contribution in [2.75, 3.05) is 33.2 Å². The van der Waals surface area contributed by atoms with Gasteiger partial charge in [-0.25, -0.2) is 4.98 Å². The molecule has 0 amide bonds. The third-order valence-corrected chi connectivity index (χ3v) is 5.78. The number of fused-ring (bicyclic) bond motifs is 1. The summed E-state index contributed by atoms with van der Waals surface area (Å²) in [5.74, 6) is 1.98. The van der Waals surface area contributed by atoms with Crippen molar-refractivity contribution < 1.29 is 0 Å². The third-order valence-electron chi connectivity index (χ3n) is 5.78. The number of para-hydroxylation sites is 2. The number of piperidine rings is 1. The molecule has 2 N–H and O–H groups in total. The largest absolute Gasteiger partial charge is 0.356 e. The van der Waals surface area contributed by atoms with Gasteiger partial charge >= 0.3 is 0 Å². The van der Waals surface area contributed by atoms with Gasteiger partial charge in [-0.05, 0) is 58.2 Å². The summed E-state index contributed by atoms with van der Waals surface area (Å²) >= 11 is 0. The summed E-state index contributed by atoms with van der Waals surface area (Å²) in [6.07, 6.45) is 6.29. The molecule has 1 unspecified atom stereocenters. The van der Waals surface area contributed by atoms with Gasteiger partial charge in [0.2, 0.25) is 0 Å². The first kappa shape index (κ1) is 23.9. The van der Waals surface area contributed by atoms with Crippen LogP contribution in [-0.2, 0) is 6.54 Å². The number of aliphatic imine (C=N–C) groups is 1. The Balaban J connectivity index is 0.00000300. The van der Waals surface area contributed by atoms with E-state index in [-0.39, 0.29) is 24.0 Å². The normalized spacial score (nSPS) is 17.9. The van der Waals surface area contributed by atoms with E-state index in [1.807, 2.05) is 13.1 Å². The second-order valence-corrected chi connectivity index (χ2v) is 7.81. The molecule has 0 radical (unpaired) electrons. The van der Waals surface area contributed by atoms with Crippen LogP contribution in [0.25, 0.3) is 11.0 Å². The maximum Gasteiger partial charge on any atom is 0.190 e. The number of hydrogen-bond donors (Lipinski definition) is 2. The van der Waals surface area contributed by atoms with Crippen LogP contribution in [0.1, 0.15) is 44.9 Å². The topological polar surface area (TPSA) is 57.5 Å². The summed E-state index contributed by atoms with van der Waals surface area (Å²) in [5, 5.41) is 6.89. The molecule has 29 heavy (non-hydrogen) atoms. The first-order valence-corrected chi connectivity index (χ1v) is 10.8. The molecule has 1 atom stereocenters. The molecular weight excluding hydrogens is 475 g/mol. The van der Waals surface area contributed by atoms with Crippen LogP contribution in [0.4, 0.5) is 0 Å². The minimum Gasteiger partial charge on any atom is -0.356 e. The van der Waals surface area contributed by atoms with Crippen molar-refractivity contribution in [1.82, 2.24) is 25.1 Å². The number of halogens is 1. The number of rotatable bonds is 8. The van der Waals surface area contributed by atoms with Gasteiger partial charge in [0.15, 0.2) is 5.96 Å². The van der Waals surface area contributed by atoms with E-state index in [0.717, 1.165) is 55.8 Å². The first-order chi connectivity index (χ1) is 13.7. The van der Waals surface area contributed by atoms with Crippen LogP contribution < -0.4 is 10.6 Å².